The van der Waals surface area contributed by atoms with Crippen LogP contribution >= 0.6 is 0 Å². The van der Waals surface area contributed by atoms with Gasteiger partial charge in [0.05, 0.1) is 13.0 Å². The summed E-state index contributed by atoms with van der Waals surface area (Å²) in [6, 6.07) is 7.34. The standard InChI is InChI=1S/C17H23NO4/c1-3-14(12-6-8-13(22-2)9-7-12)15(19)18-17(16(20)21)10-4-5-11-17/h6-9,14H,3-5,10-11H2,1-2H3,(H,18,19)(H,20,21). The number of carbonyl (C=O) groups excluding carboxylic acids is 1. The van der Waals surface area contributed by atoms with Crippen LogP contribution in [0.25, 0.3) is 0 Å². The number of aliphatic carboxylic acids is 1. The maximum Gasteiger partial charge on any atom is 0.329 e. The number of carboxylic acids is 1. The predicted molar refractivity (Wildman–Crippen MR) is 83.0 cm³/mol. The molecule has 1 aliphatic rings. The molecule has 0 radical (unpaired) electrons. The Morgan fingerprint density at radius 3 is 2.32 bits per heavy atom. The van der Waals surface area contributed by atoms with Crippen molar-refractivity contribution in [1.82, 2.24) is 5.32 Å². The van der Waals surface area contributed by atoms with Crippen LogP contribution in [0.15, 0.2) is 24.3 Å². The molecule has 120 valence electrons. The van der Waals surface area contributed by atoms with Crippen molar-refractivity contribution < 1.29 is 19.4 Å². The molecule has 5 nitrogen and oxygen atoms in total. The van der Waals surface area contributed by atoms with Crippen LogP contribution in [0.2, 0.25) is 0 Å². The normalized spacial score (nSPS) is 17.7. The van der Waals surface area contributed by atoms with Crippen molar-refractivity contribution in [3.05, 3.63) is 29.8 Å². The van der Waals surface area contributed by atoms with Crippen molar-refractivity contribution in [3.8, 4) is 5.75 Å². The third-order valence-corrected chi connectivity index (χ3v) is 4.47. The van der Waals surface area contributed by atoms with E-state index >= 15 is 0 Å². The molecular weight excluding hydrogens is 282 g/mol. The Labute approximate surface area is 130 Å². The Balaban J connectivity index is 2.15. The number of hydrogen-bond donors (Lipinski definition) is 2. The van der Waals surface area contributed by atoms with Crippen molar-refractivity contribution in [2.75, 3.05) is 7.11 Å². The van der Waals surface area contributed by atoms with Gasteiger partial charge >= 0.3 is 5.97 Å². The molecule has 1 atom stereocenters. The lowest BCUT2D eigenvalue weighted by Crippen LogP contribution is -2.53. The second kappa shape index (κ2) is 6.81. The molecule has 1 aromatic carbocycles. The van der Waals surface area contributed by atoms with E-state index in [0.29, 0.717) is 19.3 Å². The minimum Gasteiger partial charge on any atom is -0.497 e. The van der Waals surface area contributed by atoms with Crippen molar-refractivity contribution in [2.24, 2.45) is 0 Å². The lowest BCUT2D eigenvalue weighted by Gasteiger charge is -2.28. The molecule has 22 heavy (non-hydrogen) atoms. The third-order valence-electron chi connectivity index (χ3n) is 4.47. The number of amides is 1. The van der Waals surface area contributed by atoms with E-state index in [0.717, 1.165) is 24.2 Å². The van der Waals surface area contributed by atoms with Gasteiger partial charge in [-0.25, -0.2) is 4.79 Å². The van der Waals surface area contributed by atoms with Crippen molar-refractivity contribution in [3.63, 3.8) is 0 Å². The summed E-state index contributed by atoms with van der Waals surface area (Å²) in [6.07, 6.45) is 3.31. The van der Waals surface area contributed by atoms with E-state index in [-0.39, 0.29) is 11.8 Å². The van der Waals surface area contributed by atoms with Gasteiger partial charge in [-0.15, -0.1) is 0 Å². The van der Waals surface area contributed by atoms with E-state index in [9.17, 15) is 14.7 Å². The van der Waals surface area contributed by atoms with Gasteiger partial charge in [0.15, 0.2) is 0 Å². The Morgan fingerprint density at radius 1 is 1.27 bits per heavy atom. The number of methoxy groups -OCH3 is 1. The number of carboxylic acid groups (broad SMARTS) is 1. The minimum atomic E-state index is -1.09. The van der Waals surface area contributed by atoms with Crippen LogP contribution < -0.4 is 10.1 Å². The van der Waals surface area contributed by atoms with E-state index in [1.807, 2.05) is 31.2 Å². The lowest BCUT2D eigenvalue weighted by atomic mass is 9.92. The summed E-state index contributed by atoms with van der Waals surface area (Å²) in [7, 11) is 1.59. The fourth-order valence-corrected chi connectivity index (χ4v) is 3.10. The number of carbonyl (C=O) groups is 2. The van der Waals surface area contributed by atoms with Gasteiger partial charge in [0, 0.05) is 0 Å². The Kier molecular flexibility index (Phi) is 5.06. The molecule has 1 amide bonds. The second-order valence-corrected chi connectivity index (χ2v) is 5.82. The Bertz CT molecular complexity index is 532. The second-order valence-electron chi connectivity index (χ2n) is 5.82. The lowest BCUT2D eigenvalue weighted by molar-refractivity contribution is -0.147. The summed E-state index contributed by atoms with van der Waals surface area (Å²) in [5, 5.41) is 12.3. The molecule has 1 aromatic rings. The number of ether oxygens (including phenoxy) is 1. The molecule has 0 aliphatic heterocycles. The van der Waals surface area contributed by atoms with Crippen LogP contribution in [0.3, 0.4) is 0 Å². The highest BCUT2D eigenvalue weighted by Crippen LogP contribution is 2.31. The highest BCUT2D eigenvalue weighted by molar-refractivity contribution is 5.90. The SMILES string of the molecule is CCC(C(=O)NC1(C(=O)O)CCCC1)c1ccc(OC)cc1. The van der Waals surface area contributed by atoms with E-state index < -0.39 is 11.5 Å². The zero-order valence-electron chi connectivity index (χ0n) is 13.1. The maximum atomic E-state index is 12.6. The first kappa shape index (κ1) is 16.3. The predicted octanol–water partition coefficient (Wildman–Crippen LogP) is 2.70. The van der Waals surface area contributed by atoms with Crippen molar-refractivity contribution in [1.29, 1.82) is 0 Å². The van der Waals surface area contributed by atoms with Crippen LogP contribution in [-0.4, -0.2) is 29.6 Å². The van der Waals surface area contributed by atoms with Crippen molar-refractivity contribution in [2.45, 2.75) is 50.5 Å². The smallest absolute Gasteiger partial charge is 0.329 e. The zero-order valence-corrected chi connectivity index (χ0v) is 13.1. The fourth-order valence-electron chi connectivity index (χ4n) is 3.10. The summed E-state index contributed by atoms with van der Waals surface area (Å²) in [5.41, 5.74) is -0.212. The van der Waals surface area contributed by atoms with Gasteiger partial charge in [-0.05, 0) is 37.0 Å². The highest BCUT2D eigenvalue weighted by atomic mass is 16.5. The van der Waals surface area contributed by atoms with Gasteiger partial charge < -0.3 is 15.2 Å². The Hall–Kier alpha value is -2.04. The van der Waals surface area contributed by atoms with Gasteiger partial charge in [0.2, 0.25) is 5.91 Å². The minimum absolute atomic E-state index is 0.211. The van der Waals surface area contributed by atoms with Gasteiger partial charge in [0.25, 0.3) is 0 Å². The molecule has 0 heterocycles. The summed E-state index contributed by atoms with van der Waals surface area (Å²) >= 11 is 0. The van der Waals surface area contributed by atoms with Gasteiger partial charge in [-0.1, -0.05) is 31.9 Å². The summed E-state index contributed by atoms with van der Waals surface area (Å²) in [6.45, 7) is 1.93. The first-order valence-electron chi connectivity index (χ1n) is 7.72. The molecular formula is C17H23NO4. The summed E-state index contributed by atoms with van der Waals surface area (Å²) in [5.74, 6) is -0.751. The monoisotopic (exact) mass is 305 g/mol. The summed E-state index contributed by atoms with van der Waals surface area (Å²) in [4.78, 5) is 24.1. The molecule has 1 aliphatic carbocycles. The quantitative estimate of drug-likeness (QED) is 0.847. The largest absolute Gasteiger partial charge is 0.497 e. The van der Waals surface area contributed by atoms with E-state index in [4.69, 9.17) is 4.74 Å². The van der Waals surface area contributed by atoms with Crippen LogP contribution in [0.4, 0.5) is 0 Å². The molecule has 2 rings (SSSR count). The molecule has 0 aromatic heterocycles. The van der Waals surface area contributed by atoms with Gasteiger partial charge in [0.1, 0.15) is 11.3 Å². The van der Waals surface area contributed by atoms with E-state index in [2.05, 4.69) is 5.32 Å². The fraction of sp³-hybridized carbons (Fsp3) is 0.529. The molecule has 0 saturated heterocycles. The average molecular weight is 305 g/mol. The topological polar surface area (TPSA) is 75.6 Å². The van der Waals surface area contributed by atoms with Crippen LogP contribution in [0.1, 0.15) is 50.5 Å². The van der Waals surface area contributed by atoms with Crippen LogP contribution in [-0.2, 0) is 9.59 Å². The first-order valence-corrected chi connectivity index (χ1v) is 7.72. The van der Waals surface area contributed by atoms with Gasteiger partial charge in [-0.2, -0.15) is 0 Å². The zero-order chi connectivity index (χ0) is 16.2. The molecule has 1 saturated carbocycles. The number of rotatable bonds is 6. The molecule has 0 spiro atoms. The Morgan fingerprint density at radius 2 is 1.86 bits per heavy atom. The highest BCUT2D eigenvalue weighted by Gasteiger charge is 2.43. The first-order chi connectivity index (χ1) is 10.5. The number of hydrogen-bond acceptors (Lipinski definition) is 3. The molecule has 2 N–H and O–H groups in total. The van der Waals surface area contributed by atoms with Crippen molar-refractivity contribution >= 4 is 11.9 Å². The number of nitrogens with one attached hydrogen (secondary N) is 1. The van der Waals surface area contributed by atoms with E-state index in [1.54, 1.807) is 7.11 Å². The van der Waals surface area contributed by atoms with E-state index in [1.165, 1.54) is 0 Å². The summed E-state index contributed by atoms with van der Waals surface area (Å²) < 4.78 is 5.12. The molecule has 1 fully saturated rings. The van der Waals surface area contributed by atoms with Crippen LogP contribution in [0, 0.1) is 0 Å². The molecule has 0 bridgehead atoms. The third kappa shape index (κ3) is 3.24. The molecule has 1 unspecified atom stereocenters. The average Bonchev–Trinajstić information content (AvgIpc) is 2.98. The molecule has 5 heteroatoms. The number of benzene rings is 1. The van der Waals surface area contributed by atoms with Gasteiger partial charge in [-0.3, -0.25) is 4.79 Å². The maximum absolute atomic E-state index is 12.6. The van der Waals surface area contributed by atoms with Crippen LogP contribution in [0.5, 0.6) is 5.75 Å².